The van der Waals surface area contributed by atoms with Gasteiger partial charge in [0.2, 0.25) is 11.9 Å². The lowest BCUT2D eigenvalue weighted by Crippen LogP contribution is -2.33. The van der Waals surface area contributed by atoms with Crippen molar-refractivity contribution < 1.29 is 14.3 Å². The number of amides is 2. The molecule has 0 aliphatic carbocycles. The molecule has 2 N–H and O–H groups in total. The van der Waals surface area contributed by atoms with Gasteiger partial charge in [-0.05, 0) is 18.2 Å². The number of carbonyl (C=O) groups is 2. The Hall–Kier alpha value is -3.94. The van der Waals surface area contributed by atoms with E-state index in [-0.39, 0.29) is 18.4 Å². The number of fused-ring (bicyclic) bond motifs is 1. The van der Waals surface area contributed by atoms with Gasteiger partial charge in [0.05, 0.1) is 12.7 Å². The van der Waals surface area contributed by atoms with Crippen LogP contribution in [0.25, 0.3) is 17.1 Å². The van der Waals surface area contributed by atoms with Crippen LogP contribution in [0.15, 0.2) is 55.1 Å². The first-order valence-corrected chi connectivity index (χ1v) is 8.54. The summed E-state index contributed by atoms with van der Waals surface area (Å²) in [6.07, 6.45) is 0. The van der Waals surface area contributed by atoms with E-state index in [4.69, 9.17) is 4.74 Å². The number of hydrogen-bond donors (Lipinski definition) is 2. The lowest BCUT2D eigenvalue weighted by atomic mass is 10.1. The number of rotatable bonds is 5. The first-order valence-electron chi connectivity index (χ1n) is 8.54. The summed E-state index contributed by atoms with van der Waals surface area (Å²) in [5.74, 6) is 0.532. The second kappa shape index (κ2) is 6.99. The maximum absolute atomic E-state index is 12.5. The number of ether oxygens (including phenoxy) is 1. The molecule has 2 aromatic carbocycles. The zero-order valence-corrected chi connectivity index (χ0v) is 15.1. The molecule has 28 heavy (non-hydrogen) atoms. The highest BCUT2D eigenvalue weighted by atomic mass is 16.5. The summed E-state index contributed by atoms with van der Waals surface area (Å²) in [6, 6.07) is 14.5. The van der Waals surface area contributed by atoms with Crippen LogP contribution < -0.4 is 10.1 Å². The molecule has 4 rings (SSSR count). The largest absolute Gasteiger partial charge is 0.496 e. The number of aromatic nitrogens is 3. The molecule has 8 heteroatoms. The highest BCUT2D eigenvalue weighted by Gasteiger charge is 2.32. The van der Waals surface area contributed by atoms with Crippen molar-refractivity contribution in [1.29, 1.82) is 0 Å². The molecule has 0 saturated carbocycles. The zero-order chi connectivity index (χ0) is 19.7. The van der Waals surface area contributed by atoms with Crippen LogP contribution >= 0.6 is 0 Å². The van der Waals surface area contributed by atoms with E-state index in [1.54, 1.807) is 25.3 Å². The molecule has 0 spiro atoms. The minimum Gasteiger partial charge on any atom is -0.496 e. The van der Waals surface area contributed by atoms with Gasteiger partial charge in [0.25, 0.3) is 5.91 Å². The third-order valence-electron chi connectivity index (χ3n) is 4.44. The Balaban J connectivity index is 1.46. The van der Waals surface area contributed by atoms with Gasteiger partial charge in [0.15, 0.2) is 5.82 Å². The van der Waals surface area contributed by atoms with E-state index in [0.717, 1.165) is 11.1 Å². The van der Waals surface area contributed by atoms with Crippen molar-refractivity contribution in [3.05, 3.63) is 66.2 Å². The van der Waals surface area contributed by atoms with Crippen molar-refractivity contribution >= 4 is 23.5 Å². The van der Waals surface area contributed by atoms with Crippen LogP contribution in [0.1, 0.15) is 15.9 Å². The Bertz CT molecular complexity index is 1050. The third kappa shape index (κ3) is 3.01. The van der Waals surface area contributed by atoms with Crippen molar-refractivity contribution in [2.24, 2.45) is 0 Å². The number of hydrogen-bond acceptors (Lipinski definition) is 5. The number of aromatic amines is 1. The molecule has 0 atom stereocenters. The predicted octanol–water partition coefficient (Wildman–Crippen LogP) is 2.55. The second-order valence-corrected chi connectivity index (χ2v) is 6.14. The standard InChI is InChI=1S/C20H17N5O3/c1-12-13-7-3-4-8-14(13)19(27)25(12)11-17(26)21-20-22-18(23-24-20)15-9-5-6-10-16(15)28-2/h3-10H,1,11H2,2H3,(H2,21,22,23,24,26). The minimum atomic E-state index is -0.423. The van der Waals surface area contributed by atoms with E-state index in [1.807, 2.05) is 30.3 Å². The topological polar surface area (TPSA) is 100 Å². The first-order chi connectivity index (χ1) is 13.6. The van der Waals surface area contributed by atoms with Crippen LogP contribution in [0.2, 0.25) is 0 Å². The van der Waals surface area contributed by atoms with Crippen LogP contribution in [0, 0.1) is 0 Å². The van der Waals surface area contributed by atoms with E-state index in [9.17, 15) is 9.59 Å². The molecule has 8 nitrogen and oxygen atoms in total. The Morgan fingerprint density at radius 3 is 2.54 bits per heavy atom. The van der Waals surface area contributed by atoms with E-state index >= 15 is 0 Å². The van der Waals surface area contributed by atoms with Gasteiger partial charge in [-0.1, -0.05) is 36.9 Å². The normalized spacial score (nSPS) is 12.8. The van der Waals surface area contributed by atoms with Crippen LogP contribution in [0.3, 0.4) is 0 Å². The highest BCUT2D eigenvalue weighted by molar-refractivity contribution is 6.11. The summed E-state index contributed by atoms with van der Waals surface area (Å²) in [6.45, 7) is 3.75. The molecular weight excluding hydrogens is 358 g/mol. The summed E-state index contributed by atoms with van der Waals surface area (Å²) in [4.78, 5) is 30.5. The molecule has 0 bridgehead atoms. The lowest BCUT2D eigenvalue weighted by molar-refractivity contribution is -0.116. The summed E-state index contributed by atoms with van der Waals surface area (Å²) < 4.78 is 5.30. The van der Waals surface area contributed by atoms with Crippen molar-refractivity contribution in [2.75, 3.05) is 19.0 Å². The zero-order valence-electron chi connectivity index (χ0n) is 15.1. The molecule has 0 unspecified atom stereocenters. The van der Waals surface area contributed by atoms with E-state index in [0.29, 0.717) is 22.8 Å². The van der Waals surface area contributed by atoms with Gasteiger partial charge in [0, 0.05) is 16.8 Å². The van der Waals surface area contributed by atoms with Gasteiger partial charge >= 0.3 is 0 Å². The van der Waals surface area contributed by atoms with Crippen LogP contribution in [0.4, 0.5) is 5.95 Å². The predicted molar refractivity (Wildman–Crippen MR) is 104 cm³/mol. The van der Waals surface area contributed by atoms with Crippen molar-refractivity contribution in [3.63, 3.8) is 0 Å². The SMILES string of the molecule is C=C1c2ccccc2C(=O)N1CC(=O)Nc1n[nH]c(-c2ccccc2OC)n1. The fourth-order valence-electron chi connectivity index (χ4n) is 3.09. The average Bonchev–Trinajstić information content (AvgIpc) is 3.27. The Kier molecular flexibility index (Phi) is 4.36. The van der Waals surface area contributed by atoms with Gasteiger partial charge in [-0.25, -0.2) is 0 Å². The highest BCUT2D eigenvalue weighted by Crippen LogP contribution is 2.31. The number of nitrogens with zero attached hydrogens (tertiary/aromatic N) is 3. The molecule has 1 aromatic heterocycles. The Morgan fingerprint density at radius 2 is 1.82 bits per heavy atom. The first kappa shape index (κ1) is 17.5. The van der Waals surface area contributed by atoms with Crippen molar-refractivity contribution in [1.82, 2.24) is 20.1 Å². The molecule has 3 aromatic rings. The molecule has 1 aliphatic rings. The number of para-hydroxylation sites is 1. The molecule has 0 radical (unpaired) electrons. The van der Waals surface area contributed by atoms with E-state index in [1.165, 1.54) is 4.90 Å². The quantitative estimate of drug-likeness (QED) is 0.714. The lowest BCUT2D eigenvalue weighted by Gasteiger charge is -2.16. The number of benzene rings is 2. The molecule has 2 amide bonds. The molecular formula is C20H17N5O3. The van der Waals surface area contributed by atoms with E-state index < -0.39 is 5.91 Å². The Morgan fingerprint density at radius 1 is 1.14 bits per heavy atom. The number of nitrogens with one attached hydrogen (secondary N) is 2. The average molecular weight is 375 g/mol. The summed E-state index contributed by atoms with van der Waals surface area (Å²) in [5.41, 5.74) is 2.49. The third-order valence-corrected chi connectivity index (χ3v) is 4.44. The van der Waals surface area contributed by atoms with Crippen LogP contribution in [0.5, 0.6) is 5.75 Å². The van der Waals surface area contributed by atoms with Gasteiger partial charge < -0.3 is 4.74 Å². The molecule has 2 heterocycles. The van der Waals surface area contributed by atoms with Crippen molar-refractivity contribution in [2.45, 2.75) is 0 Å². The molecule has 140 valence electrons. The fraction of sp³-hybridized carbons (Fsp3) is 0.100. The summed E-state index contributed by atoms with van der Waals surface area (Å²) in [5, 5.41) is 9.38. The van der Waals surface area contributed by atoms with Gasteiger partial charge in [-0.2, -0.15) is 4.98 Å². The molecule has 0 fully saturated rings. The maximum atomic E-state index is 12.5. The number of anilines is 1. The second-order valence-electron chi connectivity index (χ2n) is 6.14. The maximum Gasteiger partial charge on any atom is 0.259 e. The molecule has 0 saturated heterocycles. The fourth-order valence-corrected chi connectivity index (χ4v) is 3.09. The van der Waals surface area contributed by atoms with Gasteiger partial charge in [0.1, 0.15) is 12.3 Å². The van der Waals surface area contributed by atoms with E-state index in [2.05, 4.69) is 27.1 Å². The van der Waals surface area contributed by atoms with Crippen molar-refractivity contribution in [3.8, 4) is 17.1 Å². The van der Waals surface area contributed by atoms with Gasteiger partial charge in [-0.3, -0.25) is 24.9 Å². The molecule has 1 aliphatic heterocycles. The number of H-pyrrole nitrogens is 1. The summed E-state index contributed by atoms with van der Waals surface area (Å²) >= 11 is 0. The monoisotopic (exact) mass is 375 g/mol. The van der Waals surface area contributed by atoms with Gasteiger partial charge in [-0.15, -0.1) is 5.10 Å². The van der Waals surface area contributed by atoms with Crippen LogP contribution in [-0.4, -0.2) is 45.6 Å². The Labute approximate surface area is 160 Å². The summed E-state index contributed by atoms with van der Waals surface area (Å²) in [7, 11) is 1.57. The smallest absolute Gasteiger partial charge is 0.259 e. The van der Waals surface area contributed by atoms with Crippen LogP contribution in [-0.2, 0) is 4.79 Å². The number of methoxy groups -OCH3 is 1. The minimum absolute atomic E-state index is 0.112. The number of carbonyl (C=O) groups excluding carboxylic acids is 2.